The first-order valence-corrected chi connectivity index (χ1v) is 7.82. The highest BCUT2D eigenvalue weighted by atomic mass is 32.2. The van der Waals surface area contributed by atoms with Crippen LogP contribution in [0.2, 0.25) is 0 Å². The molecule has 0 bridgehead atoms. The zero-order chi connectivity index (χ0) is 17.4. The van der Waals surface area contributed by atoms with Crippen molar-refractivity contribution in [3.05, 3.63) is 24.2 Å². The van der Waals surface area contributed by atoms with E-state index in [1.54, 1.807) is 0 Å². The van der Waals surface area contributed by atoms with Crippen molar-refractivity contribution in [3.8, 4) is 0 Å². The minimum absolute atomic E-state index is 0.0314. The average Bonchev–Trinajstić information content (AvgIpc) is 2.97. The van der Waals surface area contributed by atoms with Crippen LogP contribution >= 0.6 is 11.8 Å². The van der Waals surface area contributed by atoms with Crippen molar-refractivity contribution < 1.29 is 33.8 Å². The fraction of sp³-hybridized carbons (Fsp3) is 0.429. The number of carbonyl (C=O) groups excluding carboxylic acids is 2. The van der Waals surface area contributed by atoms with Gasteiger partial charge in [0.05, 0.1) is 18.2 Å². The largest absolute Gasteiger partial charge is 0.481 e. The highest BCUT2D eigenvalue weighted by Crippen LogP contribution is 2.19. The Bertz CT molecular complexity index is 570. The molecule has 0 aliphatic heterocycles. The molecule has 2 atom stereocenters. The van der Waals surface area contributed by atoms with Gasteiger partial charge in [0.15, 0.2) is 5.78 Å². The summed E-state index contributed by atoms with van der Waals surface area (Å²) >= 11 is 1.10. The maximum Gasteiger partial charge on any atom is 0.327 e. The lowest BCUT2D eigenvalue weighted by Crippen LogP contribution is -2.41. The molecule has 126 valence electrons. The van der Waals surface area contributed by atoms with E-state index in [0.717, 1.165) is 11.8 Å². The van der Waals surface area contributed by atoms with E-state index < -0.39 is 29.8 Å². The third kappa shape index (κ3) is 6.55. The summed E-state index contributed by atoms with van der Waals surface area (Å²) in [5.74, 6) is -3.81. The van der Waals surface area contributed by atoms with Crippen LogP contribution in [0.5, 0.6) is 0 Å². The normalized spacial score (nSPS) is 13.1. The summed E-state index contributed by atoms with van der Waals surface area (Å²) in [6, 6.07) is 0.353. The van der Waals surface area contributed by atoms with Crippen molar-refractivity contribution in [2.75, 3.05) is 11.5 Å². The molecule has 1 aromatic rings. The Morgan fingerprint density at radius 2 is 1.96 bits per heavy atom. The Morgan fingerprint density at radius 1 is 1.26 bits per heavy atom. The van der Waals surface area contributed by atoms with Gasteiger partial charge in [-0.3, -0.25) is 14.4 Å². The summed E-state index contributed by atoms with van der Waals surface area (Å²) in [5.41, 5.74) is 0.272. The second-order valence-electron chi connectivity index (χ2n) is 4.80. The van der Waals surface area contributed by atoms with E-state index in [1.165, 1.54) is 25.5 Å². The lowest BCUT2D eigenvalue weighted by molar-refractivity contribution is -0.140. The zero-order valence-corrected chi connectivity index (χ0v) is 13.2. The third-order valence-corrected chi connectivity index (χ3v) is 4.08. The van der Waals surface area contributed by atoms with E-state index in [2.05, 4.69) is 5.32 Å². The van der Waals surface area contributed by atoms with Crippen LogP contribution in [0.15, 0.2) is 23.0 Å². The van der Waals surface area contributed by atoms with E-state index >= 15 is 0 Å². The Morgan fingerprint density at radius 3 is 2.43 bits per heavy atom. The van der Waals surface area contributed by atoms with Gasteiger partial charge < -0.3 is 19.9 Å². The fourth-order valence-corrected chi connectivity index (χ4v) is 2.98. The van der Waals surface area contributed by atoms with Crippen LogP contribution in [0.25, 0.3) is 0 Å². The van der Waals surface area contributed by atoms with E-state index in [4.69, 9.17) is 14.6 Å². The number of Topliss-reactive ketones (excluding diaryl/α,β-unsaturated/α-hetero) is 1. The van der Waals surface area contributed by atoms with Gasteiger partial charge in [0, 0.05) is 24.3 Å². The number of amides is 1. The molecular formula is C14H17NO7S. The Hall–Kier alpha value is -2.29. The predicted octanol–water partition coefficient (Wildman–Crippen LogP) is 0.876. The van der Waals surface area contributed by atoms with Gasteiger partial charge in [-0.1, -0.05) is 0 Å². The van der Waals surface area contributed by atoms with Crippen LogP contribution in [0.1, 0.15) is 23.7 Å². The van der Waals surface area contributed by atoms with Crippen molar-refractivity contribution in [2.24, 2.45) is 5.92 Å². The van der Waals surface area contributed by atoms with Crippen molar-refractivity contribution in [1.29, 1.82) is 0 Å². The van der Waals surface area contributed by atoms with Crippen LogP contribution in [0.4, 0.5) is 0 Å². The first-order chi connectivity index (χ1) is 10.8. The SMILES string of the molecule is CC(=O)N[C@@H](CSCC(CC(=O)O)C(=O)c1ccoc1)C(=O)O. The smallest absolute Gasteiger partial charge is 0.327 e. The molecule has 1 amide bonds. The standard InChI is InChI=1S/C14H17NO7S/c1-8(16)15-11(14(20)21)7-23-6-10(4-12(17)18)13(19)9-2-3-22-5-9/h2-3,5,10-11H,4,6-7H2,1H3,(H,15,16)(H,17,18)(H,20,21)/t10?,11-/m0/s1. The summed E-state index contributed by atoms with van der Waals surface area (Å²) in [7, 11) is 0. The molecule has 0 fully saturated rings. The third-order valence-electron chi connectivity index (χ3n) is 2.88. The molecule has 0 saturated heterocycles. The molecule has 23 heavy (non-hydrogen) atoms. The lowest BCUT2D eigenvalue weighted by atomic mass is 9.98. The van der Waals surface area contributed by atoms with Crippen LogP contribution in [0, 0.1) is 5.92 Å². The number of hydrogen-bond acceptors (Lipinski definition) is 6. The summed E-state index contributed by atoms with van der Waals surface area (Å²) in [5, 5.41) is 20.2. The molecule has 0 saturated carbocycles. The molecular weight excluding hydrogens is 326 g/mol. The van der Waals surface area contributed by atoms with Gasteiger partial charge in [0.2, 0.25) is 5.91 Å². The monoisotopic (exact) mass is 343 g/mol. The molecule has 0 aliphatic carbocycles. The minimum Gasteiger partial charge on any atom is -0.481 e. The lowest BCUT2D eigenvalue weighted by Gasteiger charge is -2.16. The van der Waals surface area contributed by atoms with E-state index in [1.807, 2.05) is 0 Å². The van der Waals surface area contributed by atoms with Gasteiger partial charge in [-0.15, -0.1) is 0 Å². The highest BCUT2D eigenvalue weighted by molar-refractivity contribution is 7.99. The summed E-state index contributed by atoms with van der Waals surface area (Å²) in [4.78, 5) is 45.1. The molecule has 0 radical (unpaired) electrons. The molecule has 0 spiro atoms. The molecule has 1 aromatic heterocycles. The Labute approximate surface area is 136 Å². The summed E-state index contributed by atoms with van der Waals surface area (Å²) < 4.78 is 4.81. The number of rotatable bonds is 10. The van der Waals surface area contributed by atoms with Crippen molar-refractivity contribution >= 4 is 35.4 Å². The number of carbonyl (C=O) groups is 4. The van der Waals surface area contributed by atoms with E-state index in [-0.39, 0.29) is 29.3 Å². The zero-order valence-electron chi connectivity index (χ0n) is 12.4. The topological polar surface area (TPSA) is 134 Å². The van der Waals surface area contributed by atoms with Crippen LogP contribution in [-0.4, -0.2) is 51.4 Å². The number of thioether (sulfide) groups is 1. The first-order valence-electron chi connectivity index (χ1n) is 6.67. The molecule has 8 nitrogen and oxygen atoms in total. The predicted molar refractivity (Wildman–Crippen MR) is 81.3 cm³/mol. The number of aliphatic carboxylic acids is 2. The molecule has 1 heterocycles. The molecule has 9 heteroatoms. The Kier molecular flexibility index (Phi) is 7.33. The highest BCUT2D eigenvalue weighted by Gasteiger charge is 2.25. The average molecular weight is 343 g/mol. The maximum absolute atomic E-state index is 12.2. The number of nitrogens with one attached hydrogen (secondary N) is 1. The number of carboxylic acids is 2. The number of carboxylic acid groups (broad SMARTS) is 2. The minimum atomic E-state index is -1.19. The fourth-order valence-electron chi connectivity index (χ4n) is 1.83. The summed E-state index contributed by atoms with van der Waals surface area (Å²) in [6.07, 6.45) is 2.18. The molecule has 1 rings (SSSR count). The number of furan rings is 1. The van der Waals surface area contributed by atoms with Crippen molar-refractivity contribution in [2.45, 2.75) is 19.4 Å². The van der Waals surface area contributed by atoms with Gasteiger partial charge in [0.25, 0.3) is 0 Å². The molecule has 1 unspecified atom stereocenters. The molecule has 0 aliphatic rings. The van der Waals surface area contributed by atoms with Crippen molar-refractivity contribution in [3.63, 3.8) is 0 Å². The van der Waals surface area contributed by atoms with Gasteiger partial charge in [-0.2, -0.15) is 11.8 Å². The number of hydrogen-bond donors (Lipinski definition) is 3. The quantitative estimate of drug-likeness (QED) is 0.533. The second-order valence-corrected chi connectivity index (χ2v) is 5.87. The maximum atomic E-state index is 12.2. The molecule has 0 aromatic carbocycles. The van der Waals surface area contributed by atoms with E-state index in [0.29, 0.717) is 0 Å². The Balaban J connectivity index is 2.63. The summed E-state index contributed by atoms with van der Waals surface area (Å²) in [6.45, 7) is 1.20. The first kappa shape index (κ1) is 18.8. The van der Waals surface area contributed by atoms with Gasteiger partial charge in [-0.25, -0.2) is 4.79 Å². The second kappa shape index (κ2) is 8.99. The van der Waals surface area contributed by atoms with Crippen LogP contribution in [0.3, 0.4) is 0 Å². The van der Waals surface area contributed by atoms with Crippen molar-refractivity contribution in [1.82, 2.24) is 5.32 Å². The van der Waals surface area contributed by atoms with Gasteiger partial charge in [0.1, 0.15) is 12.3 Å². The van der Waals surface area contributed by atoms with E-state index in [9.17, 15) is 19.2 Å². The van der Waals surface area contributed by atoms with Gasteiger partial charge in [-0.05, 0) is 6.07 Å². The van der Waals surface area contributed by atoms with Gasteiger partial charge >= 0.3 is 11.9 Å². The van der Waals surface area contributed by atoms with Crippen LogP contribution < -0.4 is 5.32 Å². The molecule has 3 N–H and O–H groups in total. The number of ketones is 1. The van der Waals surface area contributed by atoms with Crippen LogP contribution in [-0.2, 0) is 14.4 Å².